The van der Waals surface area contributed by atoms with Crippen molar-refractivity contribution in [1.82, 2.24) is 14.9 Å². The molecule has 1 N–H and O–H groups in total. The van der Waals surface area contributed by atoms with Crippen molar-refractivity contribution in [3.8, 4) is 5.75 Å². The van der Waals surface area contributed by atoms with Crippen molar-refractivity contribution in [3.63, 3.8) is 0 Å². The number of hydrogen-bond donors (Lipinski definition) is 1. The van der Waals surface area contributed by atoms with Crippen LogP contribution >= 0.6 is 11.6 Å². The van der Waals surface area contributed by atoms with Gasteiger partial charge in [0.25, 0.3) is 0 Å². The van der Waals surface area contributed by atoms with E-state index < -0.39 is 24.7 Å². The zero-order valence-corrected chi connectivity index (χ0v) is 17.7. The van der Waals surface area contributed by atoms with E-state index >= 15 is 0 Å². The number of halogens is 1. The van der Waals surface area contributed by atoms with Gasteiger partial charge in [0.05, 0.1) is 17.9 Å². The lowest BCUT2D eigenvalue weighted by molar-refractivity contribution is -0.139. The third-order valence-electron chi connectivity index (χ3n) is 5.10. The highest BCUT2D eigenvalue weighted by Crippen LogP contribution is 2.40. The summed E-state index contributed by atoms with van der Waals surface area (Å²) in [6.07, 6.45) is 4.73. The van der Waals surface area contributed by atoms with Gasteiger partial charge in [-0.3, -0.25) is 14.9 Å². The number of aliphatic carboxylic acids is 1. The first-order valence-corrected chi connectivity index (χ1v) is 10.3. The number of benzene rings is 2. The van der Waals surface area contributed by atoms with Crippen molar-refractivity contribution in [2.75, 3.05) is 13.2 Å². The maximum atomic E-state index is 13.1. The molecule has 1 atom stereocenters. The van der Waals surface area contributed by atoms with Crippen LogP contribution in [0.25, 0.3) is 0 Å². The fraction of sp³-hybridized carbons (Fsp3) is 0.217. The van der Waals surface area contributed by atoms with Crippen molar-refractivity contribution in [2.24, 2.45) is 0 Å². The van der Waals surface area contributed by atoms with Gasteiger partial charge in [-0.1, -0.05) is 35.9 Å². The Bertz CT molecular complexity index is 1130. The van der Waals surface area contributed by atoms with Crippen LogP contribution in [0.4, 0.5) is 4.79 Å². The summed E-state index contributed by atoms with van der Waals surface area (Å²) in [6.45, 7) is -0.124. The largest absolute Gasteiger partial charge is 0.482 e. The Labute approximate surface area is 189 Å². The predicted molar refractivity (Wildman–Crippen MR) is 115 cm³/mol. The van der Waals surface area contributed by atoms with Gasteiger partial charge >= 0.3 is 12.1 Å². The Morgan fingerprint density at radius 1 is 1.16 bits per heavy atom. The van der Waals surface area contributed by atoms with Crippen LogP contribution in [0.15, 0.2) is 61.1 Å². The number of carboxylic acid groups (broad SMARTS) is 1. The van der Waals surface area contributed by atoms with Gasteiger partial charge in [0.15, 0.2) is 6.61 Å². The monoisotopic (exact) mass is 453 g/mol. The summed E-state index contributed by atoms with van der Waals surface area (Å²) in [5.74, 6) is -0.764. The normalized spacial score (nSPS) is 15.0. The minimum atomic E-state index is -1.10. The molecule has 0 spiro atoms. The molecule has 1 aromatic heterocycles. The fourth-order valence-electron chi connectivity index (χ4n) is 3.73. The number of hydrogen-bond acceptors (Lipinski definition) is 6. The summed E-state index contributed by atoms with van der Waals surface area (Å²) in [6, 6.07) is 12.1. The summed E-state index contributed by atoms with van der Waals surface area (Å²) in [7, 11) is 0. The van der Waals surface area contributed by atoms with Gasteiger partial charge in [-0.25, -0.2) is 9.59 Å². The average molecular weight is 454 g/mol. The molecule has 2 aromatic carbocycles. The quantitative estimate of drug-likeness (QED) is 0.604. The zero-order valence-electron chi connectivity index (χ0n) is 17.0. The minimum absolute atomic E-state index is 0.0184. The Kier molecular flexibility index (Phi) is 6.51. The van der Waals surface area contributed by atoms with Crippen molar-refractivity contribution in [3.05, 3.63) is 88.5 Å². The molecule has 0 aliphatic carbocycles. The first-order valence-electron chi connectivity index (χ1n) is 9.93. The Hall–Kier alpha value is -3.65. The Balaban J connectivity index is 1.69. The van der Waals surface area contributed by atoms with E-state index in [1.54, 1.807) is 29.3 Å². The first-order chi connectivity index (χ1) is 15.5. The molecule has 32 heavy (non-hydrogen) atoms. The van der Waals surface area contributed by atoms with E-state index in [0.29, 0.717) is 35.0 Å². The van der Waals surface area contributed by atoms with Crippen LogP contribution in [-0.4, -0.2) is 45.2 Å². The number of carbonyl (C=O) groups is 2. The van der Waals surface area contributed by atoms with E-state index in [9.17, 15) is 9.59 Å². The van der Waals surface area contributed by atoms with E-state index in [1.165, 1.54) is 12.4 Å². The number of carbonyl (C=O) groups excluding carboxylic acids is 1. The molecular formula is C23H20ClN3O5. The van der Waals surface area contributed by atoms with Crippen LogP contribution in [-0.2, 0) is 22.6 Å². The maximum Gasteiger partial charge on any atom is 0.410 e. The topological polar surface area (TPSA) is 102 Å². The van der Waals surface area contributed by atoms with Crippen molar-refractivity contribution >= 4 is 23.7 Å². The lowest BCUT2D eigenvalue weighted by Crippen LogP contribution is -2.41. The highest BCUT2D eigenvalue weighted by Gasteiger charge is 2.35. The van der Waals surface area contributed by atoms with Crippen molar-refractivity contribution in [2.45, 2.75) is 19.1 Å². The number of carboxylic acids is 1. The van der Waals surface area contributed by atoms with Crippen molar-refractivity contribution in [1.29, 1.82) is 0 Å². The number of fused-ring (bicyclic) bond motifs is 1. The van der Waals surface area contributed by atoms with E-state index in [0.717, 1.165) is 11.1 Å². The van der Waals surface area contributed by atoms with E-state index in [4.69, 9.17) is 26.2 Å². The minimum Gasteiger partial charge on any atom is -0.482 e. The van der Waals surface area contributed by atoms with Gasteiger partial charge in [0, 0.05) is 29.5 Å². The lowest BCUT2D eigenvalue weighted by Gasteiger charge is -2.37. The Morgan fingerprint density at radius 2 is 2.00 bits per heavy atom. The third-order valence-corrected chi connectivity index (χ3v) is 5.33. The van der Waals surface area contributed by atoms with Crippen LogP contribution in [0.5, 0.6) is 5.75 Å². The van der Waals surface area contributed by atoms with Gasteiger partial charge in [-0.15, -0.1) is 0 Å². The first kappa shape index (κ1) is 21.6. The smallest absolute Gasteiger partial charge is 0.410 e. The standard InChI is InChI=1S/C23H20ClN3O5/c24-16-5-6-20(31-14-21(28)29)19(11-16)22-18-4-2-1-3-15(18)7-10-27(22)23(30)32-13-17-12-25-8-9-26-17/h1-6,8-9,11-12,22H,7,10,13-14H2,(H,28,29). The van der Waals surface area contributed by atoms with Crippen LogP contribution < -0.4 is 4.74 Å². The van der Waals surface area contributed by atoms with Gasteiger partial charge in [0.2, 0.25) is 0 Å². The molecule has 0 fully saturated rings. The average Bonchev–Trinajstić information content (AvgIpc) is 2.81. The molecule has 164 valence electrons. The van der Waals surface area contributed by atoms with Crippen LogP contribution in [0.3, 0.4) is 0 Å². The molecule has 1 aliphatic rings. The summed E-state index contributed by atoms with van der Waals surface area (Å²) in [5, 5.41) is 9.50. The highest BCUT2D eigenvalue weighted by atomic mass is 35.5. The van der Waals surface area contributed by atoms with Gasteiger partial charge < -0.3 is 14.6 Å². The highest BCUT2D eigenvalue weighted by molar-refractivity contribution is 6.30. The molecule has 2 heterocycles. The maximum absolute atomic E-state index is 13.1. The number of amides is 1. The molecule has 9 heteroatoms. The molecule has 1 amide bonds. The summed E-state index contributed by atoms with van der Waals surface area (Å²) in [4.78, 5) is 33.9. The molecule has 1 unspecified atom stereocenters. The second-order valence-electron chi connectivity index (χ2n) is 7.16. The molecule has 0 radical (unpaired) electrons. The molecule has 1 aliphatic heterocycles. The fourth-order valence-corrected chi connectivity index (χ4v) is 3.91. The summed E-state index contributed by atoms with van der Waals surface area (Å²) < 4.78 is 11.0. The molecule has 4 rings (SSSR count). The van der Waals surface area contributed by atoms with Gasteiger partial charge in [0.1, 0.15) is 12.4 Å². The van der Waals surface area contributed by atoms with Crippen LogP contribution in [0.2, 0.25) is 5.02 Å². The molecule has 0 bridgehead atoms. The second kappa shape index (κ2) is 9.65. The van der Waals surface area contributed by atoms with Gasteiger partial charge in [-0.2, -0.15) is 0 Å². The SMILES string of the molecule is O=C(O)COc1ccc(Cl)cc1C1c2ccccc2CCN1C(=O)OCc1cnccn1. The van der Waals surface area contributed by atoms with Crippen molar-refractivity contribution < 1.29 is 24.2 Å². The van der Waals surface area contributed by atoms with Gasteiger partial charge in [-0.05, 0) is 35.7 Å². The molecule has 3 aromatic rings. The van der Waals surface area contributed by atoms with Crippen LogP contribution in [0.1, 0.15) is 28.4 Å². The molecule has 0 saturated heterocycles. The summed E-state index contributed by atoms with van der Waals surface area (Å²) >= 11 is 6.27. The molecule has 8 nitrogen and oxygen atoms in total. The molecular weight excluding hydrogens is 434 g/mol. The Morgan fingerprint density at radius 3 is 2.78 bits per heavy atom. The van der Waals surface area contributed by atoms with E-state index in [2.05, 4.69) is 9.97 Å². The van der Waals surface area contributed by atoms with E-state index in [-0.39, 0.29) is 6.61 Å². The van der Waals surface area contributed by atoms with Crippen LogP contribution in [0, 0.1) is 0 Å². The number of aromatic nitrogens is 2. The predicted octanol–water partition coefficient (Wildman–Crippen LogP) is 3.88. The second-order valence-corrected chi connectivity index (χ2v) is 7.60. The number of ether oxygens (including phenoxy) is 2. The van der Waals surface area contributed by atoms with E-state index in [1.807, 2.05) is 24.3 Å². The lowest BCUT2D eigenvalue weighted by atomic mass is 9.88. The number of nitrogens with zero attached hydrogens (tertiary/aromatic N) is 3. The third kappa shape index (κ3) is 4.81. The number of rotatable bonds is 6. The molecule has 0 saturated carbocycles. The zero-order chi connectivity index (χ0) is 22.5. The summed E-state index contributed by atoms with van der Waals surface area (Å²) in [5.41, 5.74) is 3.10.